The number of morpholine rings is 1. The van der Waals surface area contributed by atoms with E-state index in [1.165, 1.54) is 24.1 Å². The van der Waals surface area contributed by atoms with Gasteiger partial charge in [0.15, 0.2) is 0 Å². The molecule has 0 bridgehead atoms. The van der Waals surface area contributed by atoms with Crippen molar-refractivity contribution in [3.8, 4) is 5.75 Å². The van der Waals surface area contributed by atoms with Gasteiger partial charge in [-0.15, -0.1) is 0 Å². The normalized spacial score (nSPS) is 20.2. The molecule has 2 fully saturated rings. The number of amides is 1. The molecule has 1 N–H and O–H groups in total. The summed E-state index contributed by atoms with van der Waals surface area (Å²) in [6.07, 6.45) is 4.62. The molecule has 2 aromatic carbocycles. The number of nitrogens with zero attached hydrogens (tertiary/aromatic N) is 2. The lowest BCUT2D eigenvalue weighted by Gasteiger charge is -2.30. The van der Waals surface area contributed by atoms with E-state index in [0.717, 1.165) is 57.1 Å². The molecule has 2 heterocycles. The van der Waals surface area contributed by atoms with E-state index in [0.29, 0.717) is 6.54 Å². The van der Waals surface area contributed by atoms with Gasteiger partial charge in [0.05, 0.1) is 26.9 Å². The lowest BCUT2D eigenvalue weighted by atomic mass is 10.0. The van der Waals surface area contributed by atoms with E-state index in [1.807, 2.05) is 24.3 Å². The molecule has 0 spiro atoms. The maximum absolute atomic E-state index is 12.9. The minimum absolute atomic E-state index is 0.0412. The molecule has 4 rings (SSSR count). The fourth-order valence-electron chi connectivity index (χ4n) is 4.52. The molecule has 0 saturated carbocycles. The topological polar surface area (TPSA) is 54.0 Å². The summed E-state index contributed by atoms with van der Waals surface area (Å²) >= 11 is 0. The number of anilines is 2. The van der Waals surface area contributed by atoms with E-state index in [1.54, 1.807) is 7.11 Å². The maximum Gasteiger partial charge on any atom is 0.238 e. The van der Waals surface area contributed by atoms with E-state index < -0.39 is 0 Å². The van der Waals surface area contributed by atoms with Gasteiger partial charge in [0.2, 0.25) is 5.91 Å². The predicted octanol–water partition coefficient (Wildman–Crippen LogP) is 4.09. The fraction of sp³-hybridized carbons (Fsp3) is 0.480. The third-order valence-corrected chi connectivity index (χ3v) is 6.24. The second-order valence-corrected chi connectivity index (χ2v) is 8.30. The number of likely N-dealkylation sites (tertiary alicyclic amines) is 1. The van der Waals surface area contributed by atoms with Crippen LogP contribution >= 0.6 is 0 Å². The molecular formula is C25H33N3O3. The summed E-state index contributed by atoms with van der Waals surface area (Å²) in [4.78, 5) is 17.5. The van der Waals surface area contributed by atoms with Crippen molar-refractivity contribution >= 4 is 17.3 Å². The molecule has 1 atom stereocenters. The number of ether oxygens (including phenoxy) is 2. The van der Waals surface area contributed by atoms with E-state index >= 15 is 0 Å². The molecule has 2 aromatic rings. The van der Waals surface area contributed by atoms with Crippen molar-refractivity contribution in [2.45, 2.75) is 31.7 Å². The molecule has 0 radical (unpaired) electrons. The van der Waals surface area contributed by atoms with Gasteiger partial charge in [-0.1, -0.05) is 25.0 Å². The first-order valence-electron chi connectivity index (χ1n) is 11.3. The van der Waals surface area contributed by atoms with Gasteiger partial charge in [-0.3, -0.25) is 9.69 Å². The number of nitrogens with one attached hydrogen (secondary N) is 1. The van der Waals surface area contributed by atoms with E-state index in [2.05, 4.69) is 39.4 Å². The van der Waals surface area contributed by atoms with Gasteiger partial charge >= 0.3 is 0 Å². The summed E-state index contributed by atoms with van der Waals surface area (Å²) in [6, 6.07) is 16.7. The summed E-state index contributed by atoms with van der Waals surface area (Å²) in [5, 5.41) is 3.09. The largest absolute Gasteiger partial charge is 0.497 e. The van der Waals surface area contributed by atoms with Crippen LogP contribution in [0.15, 0.2) is 48.5 Å². The van der Waals surface area contributed by atoms with Crippen molar-refractivity contribution in [3.05, 3.63) is 54.1 Å². The molecule has 2 saturated heterocycles. The van der Waals surface area contributed by atoms with Crippen LogP contribution in [0.1, 0.15) is 37.3 Å². The Labute approximate surface area is 185 Å². The minimum atomic E-state index is 0.0412. The first-order chi connectivity index (χ1) is 15.2. The zero-order chi connectivity index (χ0) is 21.5. The van der Waals surface area contributed by atoms with Crippen molar-refractivity contribution < 1.29 is 14.3 Å². The first kappa shape index (κ1) is 21.7. The van der Waals surface area contributed by atoms with Gasteiger partial charge in [-0.25, -0.2) is 0 Å². The molecule has 166 valence electrons. The zero-order valence-electron chi connectivity index (χ0n) is 18.4. The fourth-order valence-corrected chi connectivity index (χ4v) is 4.52. The Morgan fingerprint density at radius 1 is 1.00 bits per heavy atom. The monoisotopic (exact) mass is 423 g/mol. The molecule has 31 heavy (non-hydrogen) atoms. The standard InChI is InChI=1S/C25H33N3O3/c1-30-23-12-6-20(7-13-23)24-5-3-2-4-14-28(24)19-25(29)26-21-8-10-22(11-9-21)27-15-17-31-18-16-27/h6-13,24H,2-5,14-19H2,1H3,(H,26,29)/t24-/m0/s1. The summed E-state index contributed by atoms with van der Waals surface area (Å²) in [6.45, 7) is 4.70. The van der Waals surface area contributed by atoms with E-state index in [4.69, 9.17) is 9.47 Å². The molecule has 0 aliphatic carbocycles. The maximum atomic E-state index is 12.9. The first-order valence-corrected chi connectivity index (χ1v) is 11.3. The number of carbonyl (C=O) groups excluding carboxylic acids is 1. The molecule has 2 aliphatic heterocycles. The van der Waals surface area contributed by atoms with Gasteiger partial charge in [0.25, 0.3) is 0 Å². The Balaban J connectivity index is 1.38. The van der Waals surface area contributed by atoms with Crippen molar-refractivity contribution in [3.63, 3.8) is 0 Å². The second-order valence-electron chi connectivity index (χ2n) is 8.30. The highest BCUT2D eigenvalue weighted by Gasteiger charge is 2.24. The Morgan fingerprint density at radius 3 is 2.45 bits per heavy atom. The second kappa shape index (κ2) is 10.6. The quantitative estimate of drug-likeness (QED) is 0.759. The Morgan fingerprint density at radius 2 is 1.74 bits per heavy atom. The Kier molecular flexibility index (Phi) is 7.43. The Hall–Kier alpha value is -2.57. The zero-order valence-corrected chi connectivity index (χ0v) is 18.4. The van der Waals surface area contributed by atoms with E-state index in [-0.39, 0.29) is 11.9 Å². The number of methoxy groups -OCH3 is 1. The van der Waals surface area contributed by atoms with Crippen LogP contribution in [0.5, 0.6) is 5.75 Å². The summed E-state index contributed by atoms with van der Waals surface area (Å²) in [7, 11) is 1.69. The lowest BCUT2D eigenvalue weighted by Crippen LogP contribution is -2.36. The molecule has 0 aromatic heterocycles. The predicted molar refractivity (Wildman–Crippen MR) is 124 cm³/mol. The third kappa shape index (κ3) is 5.77. The van der Waals surface area contributed by atoms with Gasteiger partial charge in [0.1, 0.15) is 5.75 Å². The molecule has 1 amide bonds. The van der Waals surface area contributed by atoms with Crippen molar-refractivity contribution in [1.82, 2.24) is 4.90 Å². The minimum Gasteiger partial charge on any atom is -0.497 e. The van der Waals surface area contributed by atoms with Crippen LogP contribution in [0.25, 0.3) is 0 Å². The molecule has 6 nitrogen and oxygen atoms in total. The molecule has 0 unspecified atom stereocenters. The smallest absolute Gasteiger partial charge is 0.238 e. The van der Waals surface area contributed by atoms with Gasteiger partial charge in [0, 0.05) is 30.5 Å². The number of hydrogen-bond donors (Lipinski definition) is 1. The molecular weight excluding hydrogens is 390 g/mol. The molecule has 6 heteroatoms. The van der Waals surface area contributed by atoms with Gasteiger partial charge in [-0.2, -0.15) is 0 Å². The third-order valence-electron chi connectivity index (χ3n) is 6.24. The Bertz CT molecular complexity index is 832. The summed E-state index contributed by atoms with van der Waals surface area (Å²) < 4.78 is 10.7. The van der Waals surface area contributed by atoms with Gasteiger partial charge < -0.3 is 19.7 Å². The number of hydrogen-bond acceptors (Lipinski definition) is 5. The highest BCUT2D eigenvalue weighted by molar-refractivity contribution is 5.92. The van der Waals surface area contributed by atoms with Crippen LogP contribution in [0, 0.1) is 0 Å². The number of benzene rings is 2. The highest BCUT2D eigenvalue weighted by Crippen LogP contribution is 2.31. The van der Waals surface area contributed by atoms with Crippen molar-refractivity contribution in [1.29, 1.82) is 0 Å². The van der Waals surface area contributed by atoms with Crippen LogP contribution in [0.2, 0.25) is 0 Å². The average Bonchev–Trinajstić information content (AvgIpc) is 3.05. The number of rotatable bonds is 6. The van der Waals surface area contributed by atoms with Crippen LogP contribution in [-0.4, -0.2) is 57.3 Å². The van der Waals surface area contributed by atoms with Crippen LogP contribution in [-0.2, 0) is 9.53 Å². The van der Waals surface area contributed by atoms with Crippen molar-refractivity contribution in [2.75, 3.05) is 56.7 Å². The summed E-state index contributed by atoms with van der Waals surface area (Å²) in [5.74, 6) is 0.904. The van der Waals surface area contributed by atoms with Gasteiger partial charge in [-0.05, 0) is 61.3 Å². The van der Waals surface area contributed by atoms with Crippen LogP contribution in [0.4, 0.5) is 11.4 Å². The molecule has 2 aliphatic rings. The highest BCUT2D eigenvalue weighted by atomic mass is 16.5. The van der Waals surface area contributed by atoms with Crippen LogP contribution < -0.4 is 15.0 Å². The van der Waals surface area contributed by atoms with Crippen LogP contribution in [0.3, 0.4) is 0 Å². The average molecular weight is 424 g/mol. The van der Waals surface area contributed by atoms with E-state index in [9.17, 15) is 4.79 Å². The summed E-state index contributed by atoms with van der Waals surface area (Å²) in [5.41, 5.74) is 3.27. The number of carbonyl (C=O) groups is 1. The SMILES string of the molecule is COc1ccc([C@@H]2CCCCCN2CC(=O)Nc2ccc(N3CCOCC3)cc2)cc1. The van der Waals surface area contributed by atoms with Crippen molar-refractivity contribution in [2.24, 2.45) is 0 Å². The lowest BCUT2D eigenvalue weighted by molar-refractivity contribution is -0.117.